The summed E-state index contributed by atoms with van der Waals surface area (Å²) in [5, 5.41) is 4.50. The third kappa shape index (κ3) is 4.60. The first-order valence-corrected chi connectivity index (χ1v) is 7.89. The van der Waals surface area contributed by atoms with Gasteiger partial charge in [0.2, 0.25) is 0 Å². The van der Waals surface area contributed by atoms with Crippen LogP contribution < -0.4 is 5.32 Å². The minimum Gasteiger partial charge on any atom is -0.374 e. The summed E-state index contributed by atoms with van der Waals surface area (Å²) in [7, 11) is 0. The van der Waals surface area contributed by atoms with E-state index in [1.165, 1.54) is 25.7 Å². The van der Waals surface area contributed by atoms with Crippen molar-refractivity contribution < 1.29 is 13.5 Å². The van der Waals surface area contributed by atoms with Gasteiger partial charge in [0.05, 0.1) is 13.2 Å². The highest BCUT2D eigenvalue weighted by atomic mass is 32.2. The fraction of sp³-hybridized carbons (Fsp3) is 0.923. The summed E-state index contributed by atoms with van der Waals surface area (Å²) in [5.41, 5.74) is 0.227. The summed E-state index contributed by atoms with van der Waals surface area (Å²) in [6.07, 6.45) is 2.63. The number of aliphatic imine (C=N–C) groups is 1. The van der Waals surface area contributed by atoms with Gasteiger partial charge in [-0.25, -0.2) is 8.78 Å². The second kappa shape index (κ2) is 6.88. The van der Waals surface area contributed by atoms with Crippen molar-refractivity contribution in [3.8, 4) is 0 Å². The summed E-state index contributed by atoms with van der Waals surface area (Å²) in [6.45, 7) is 2.53. The normalized spacial score (nSPS) is 33.3. The maximum absolute atomic E-state index is 11.9. The van der Waals surface area contributed by atoms with E-state index in [2.05, 4.69) is 17.2 Å². The number of amidine groups is 1. The number of hydrogen-bond donors (Lipinski definition) is 1. The standard InChI is InChI=1S/C13H22F2N2OS/c1-10-3-2-4-13(7-10)9-19-12(17-13)16-5-6-18-8-11(14)15/h10-11H,2-9H2,1H3,(H,16,17). The molecule has 110 valence electrons. The molecule has 0 aromatic heterocycles. The largest absolute Gasteiger partial charge is 0.374 e. The first-order chi connectivity index (χ1) is 9.10. The summed E-state index contributed by atoms with van der Waals surface area (Å²) in [6, 6.07) is 0. The molecule has 1 aliphatic carbocycles. The molecule has 1 N–H and O–H groups in total. The molecular formula is C13H22F2N2OS. The van der Waals surface area contributed by atoms with Crippen molar-refractivity contribution in [3.05, 3.63) is 0 Å². The van der Waals surface area contributed by atoms with Crippen molar-refractivity contribution in [2.45, 2.75) is 44.6 Å². The molecule has 0 aromatic carbocycles. The van der Waals surface area contributed by atoms with Crippen molar-refractivity contribution in [3.63, 3.8) is 0 Å². The van der Waals surface area contributed by atoms with Gasteiger partial charge in [-0.15, -0.1) is 0 Å². The Morgan fingerprint density at radius 3 is 3.16 bits per heavy atom. The molecule has 1 saturated heterocycles. The molecule has 19 heavy (non-hydrogen) atoms. The Morgan fingerprint density at radius 2 is 2.42 bits per heavy atom. The second-order valence-corrected chi connectivity index (χ2v) is 6.51. The van der Waals surface area contributed by atoms with Crippen LogP contribution >= 0.6 is 11.8 Å². The van der Waals surface area contributed by atoms with Gasteiger partial charge < -0.3 is 10.1 Å². The van der Waals surface area contributed by atoms with E-state index in [0.717, 1.165) is 16.8 Å². The van der Waals surface area contributed by atoms with Crippen LogP contribution in [0.25, 0.3) is 0 Å². The fourth-order valence-electron chi connectivity index (χ4n) is 2.88. The monoisotopic (exact) mass is 292 g/mol. The predicted octanol–water partition coefficient (Wildman–Crippen LogP) is 2.91. The number of hydrogen-bond acceptors (Lipinski definition) is 3. The Bertz CT molecular complexity index is 328. The van der Waals surface area contributed by atoms with Crippen molar-refractivity contribution in [2.75, 3.05) is 25.5 Å². The Morgan fingerprint density at radius 1 is 1.58 bits per heavy atom. The van der Waals surface area contributed by atoms with E-state index in [4.69, 9.17) is 4.74 Å². The molecule has 0 amide bonds. The van der Waals surface area contributed by atoms with Crippen LogP contribution in [0.1, 0.15) is 32.6 Å². The van der Waals surface area contributed by atoms with Crippen LogP contribution in [0.15, 0.2) is 4.99 Å². The number of thioether (sulfide) groups is 1. The highest BCUT2D eigenvalue weighted by molar-refractivity contribution is 8.14. The molecule has 0 radical (unpaired) electrons. The van der Waals surface area contributed by atoms with Gasteiger partial charge in [-0.3, -0.25) is 4.99 Å². The number of alkyl halides is 2. The highest BCUT2D eigenvalue weighted by Crippen LogP contribution is 2.38. The summed E-state index contributed by atoms with van der Waals surface area (Å²) in [5.74, 6) is 1.85. The highest BCUT2D eigenvalue weighted by Gasteiger charge is 2.40. The SMILES string of the molecule is CC1CCCC2(CSC(=NCCOCC(F)F)N2)C1. The maximum atomic E-state index is 11.9. The topological polar surface area (TPSA) is 33.6 Å². The van der Waals surface area contributed by atoms with Crippen LogP contribution in [0.2, 0.25) is 0 Å². The fourth-order valence-corrected chi connectivity index (χ4v) is 4.10. The number of nitrogens with one attached hydrogen (secondary N) is 1. The maximum Gasteiger partial charge on any atom is 0.261 e. The van der Waals surface area contributed by atoms with Gasteiger partial charge >= 0.3 is 0 Å². The molecule has 2 aliphatic rings. The molecule has 2 rings (SSSR count). The van der Waals surface area contributed by atoms with Gasteiger partial charge in [0.25, 0.3) is 6.43 Å². The lowest BCUT2D eigenvalue weighted by atomic mass is 9.78. The molecule has 0 bridgehead atoms. The summed E-state index contributed by atoms with van der Waals surface area (Å²) in [4.78, 5) is 4.39. The smallest absolute Gasteiger partial charge is 0.261 e. The molecule has 1 heterocycles. The van der Waals surface area contributed by atoms with E-state index in [1.54, 1.807) is 11.8 Å². The summed E-state index contributed by atoms with van der Waals surface area (Å²) < 4.78 is 28.5. The third-order valence-electron chi connectivity index (χ3n) is 3.68. The van der Waals surface area contributed by atoms with Gasteiger partial charge in [0, 0.05) is 11.3 Å². The zero-order chi connectivity index (χ0) is 13.7. The van der Waals surface area contributed by atoms with Crippen LogP contribution in [0, 0.1) is 5.92 Å². The first kappa shape index (κ1) is 15.0. The molecule has 1 saturated carbocycles. The predicted molar refractivity (Wildman–Crippen MR) is 75.1 cm³/mol. The number of ether oxygens (including phenoxy) is 1. The average molecular weight is 292 g/mol. The van der Waals surface area contributed by atoms with Crippen molar-refractivity contribution in [1.82, 2.24) is 5.32 Å². The van der Waals surface area contributed by atoms with Crippen molar-refractivity contribution >= 4 is 16.9 Å². The lowest BCUT2D eigenvalue weighted by Crippen LogP contribution is -2.47. The number of rotatable bonds is 5. The molecule has 2 atom stereocenters. The Hall–Kier alpha value is -0.360. The van der Waals surface area contributed by atoms with Gasteiger partial charge in [0.1, 0.15) is 6.61 Å². The van der Waals surface area contributed by atoms with E-state index < -0.39 is 13.0 Å². The lowest BCUT2D eigenvalue weighted by Gasteiger charge is -2.36. The van der Waals surface area contributed by atoms with Crippen LogP contribution in [-0.2, 0) is 4.74 Å². The molecule has 1 spiro atoms. The minimum absolute atomic E-state index is 0.227. The van der Waals surface area contributed by atoms with E-state index in [9.17, 15) is 8.78 Å². The van der Waals surface area contributed by atoms with Crippen molar-refractivity contribution in [1.29, 1.82) is 0 Å². The average Bonchev–Trinajstić information content (AvgIpc) is 2.71. The molecule has 2 unspecified atom stereocenters. The molecule has 2 fully saturated rings. The van der Waals surface area contributed by atoms with E-state index in [1.807, 2.05) is 0 Å². The van der Waals surface area contributed by atoms with Crippen LogP contribution in [-0.4, -0.2) is 42.6 Å². The summed E-state index contributed by atoms with van der Waals surface area (Å²) >= 11 is 1.75. The Kier molecular flexibility index (Phi) is 5.45. The molecule has 3 nitrogen and oxygen atoms in total. The van der Waals surface area contributed by atoms with Crippen LogP contribution in [0.3, 0.4) is 0 Å². The molecular weight excluding hydrogens is 270 g/mol. The van der Waals surface area contributed by atoms with Crippen LogP contribution in [0.5, 0.6) is 0 Å². The number of halogens is 2. The molecule has 6 heteroatoms. The minimum atomic E-state index is -2.39. The van der Waals surface area contributed by atoms with E-state index in [0.29, 0.717) is 6.54 Å². The van der Waals surface area contributed by atoms with Gasteiger partial charge in [-0.2, -0.15) is 0 Å². The third-order valence-corrected chi connectivity index (χ3v) is 4.89. The lowest BCUT2D eigenvalue weighted by molar-refractivity contribution is 0.0207. The Labute approximate surface area is 117 Å². The van der Waals surface area contributed by atoms with E-state index >= 15 is 0 Å². The Balaban J connectivity index is 1.72. The molecule has 0 aromatic rings. The zero-order valence-electron chi connectivity index (χ0n) is 11.3. The van der Waals surface area contributed by atoms with Crippen LogP contribution in [0.4, 0.5) is 8.78 Å². The van der Waals surface area contributed by atoms with Crippen molar-refractivity contribution in [2.24, 2.45) is 10.9 Å². The first-order valence-electron chi connectivity index (χ1n) is 6.91. The quantitative estimate of drug-likeness (QED) is 0.791. The van der Waals surface area contributed by atoms with Gasteiger partial charge in [-0.05, 0) is 18.8 Å². The zero-order valence-corrected chi connectivity index (χ0v) is 12.1. The molecule has 1 aliphatic heterocycles. The second-order valence-electron chi connectivity index (χ2n) is 5.55. The van der Waals surface area contributed by atoms with Gasteiger partial charge in [-0.1, -0.05) is 31.5 Å². The van der Waals surface area contributed by atoms with E-state index in [-0.39, 0.29) is 12.1 Å². The number of nitrogens with zero attached hydrogens (tertiary/aromatic N) is 1. The van der Waals surface area contributed by atoms with Gasteiger partial charge in [0.15, 0.2) is 5.17 Å².